The smallest absolute Gasteiger partial charge is 0.157 e. The van der Waals surface area contributed by atoms with Gasteiger partial charge in [0.15, 0.2) is 5.75 Å². The number of β-amino-alcohol motifs (C(OH)–C–C–N with tert-alkyl or cyclic N) is 1. The minimum absolute atomic E-state index is 0.250. The molecule has 3 aromatic rings. The highest BCUT2D eigenvalue weighted by Gasteiger charge is 2.33. The van der Waals surface area contributed by atoms with Crippen LogP contribution >= 0.6 is 0 Å². The molecule has 0 aliphatic carbocycles. The van der Waals surface area contributed by atoms with Crippen LogP contribution in [0.4, 0.5) is 0 Å². The van der Waals surface area contributed by atoms with Gasteiger partial charge in [0.2, 0.25) is 0 Å². The Hall–Kier alpha value is -2.77. The largest absolute Gasteiger partial charge is 0.483 e. The maximum atomic E-state index is 10.3. The molecular weight excluding hydrogens is 330 g/mol. The molecule has 1 N–H and O–H groups in total. The third-order valence-electron chi connectivity index (χ3n) is 4.44. The van der Waals surface area contributed by atoms with E-state index in [4.69, 9.17) is 4.74 Å². The SMILES string of the molecule is Cn1cc(O[C@@H]2CN(Cc3ccc(-c4ccccn4)nc3)C[C@H]2O)cn1. The van der Waals surface area contributed by atoms with E-state index in [0.717, 1.165) is 23.5 Å². The van der Waals surface area contributed by atoms with E-state index in [2.05, 4.69) is 26.0 Å². The number of rotatable bonds is 5. The molecule has 4 heterocycles. The summed E-state index contributed by atoms with van der Waals surface area (Å²) in [6, 6.07) is 9.82. The van der Waals surface area contributed by atoms with Crippen LogP contribution in [0.15, 0.2) is 55.1 Å². The molecule has 0 spiro atoms. The number of likely N-dealkylation sites (tertiary alicyclic amines) is 1. The summed E-state index contributed by atoms with van der Waals surface area (Å²) < 4.78 is 7.54. The van der Waals surface area contributed by atoms with Gasteiger partial charge in [-0.05, 0) is 23.8 Å². The van der Waals surface area contributed by atoms with Gasteiger partial charge in [0.25, 0.3) is 0 Å². The van der Waals surface area contributed by atoms with E-state index in [-0.39, 0.29) is 6.10 Å². The number of hydrogen-bond donors (Lipinski definition) is 1. The molecule has 134 valence electrons. The van der Waals surface area contributed by atoms with E-state index in [1.807, 2.05) is 37.5 Å². The van der Waals surface area contributed by atoms with Crippen molar-refractivity contribution in [2.24, 2.45) is 7.05 Å². The Morgan fingerprint density at radius 2 is 2.00 bits per heavy atom. The fourth-order valence-corrected chi connectivity index (χ4v) is 3.15. The van der Waals surface area contributed by atoms with Gasteiger partial charge in [0.1, 0.15) is 12.2 Å². The number of nitrogens with zero attached hydrogens (tertiary/aromatic N) is 5. The van der Waals surface area contributed by atoms with Gasteiger partial charge in [0, 0.05) is 39.1 Å². The van der Waals surface area contributed by atoms with Crippen molar-refractivity contribution in [1.82, 2.24) is 24.6 Å². The van der Waals surface area contributed by atoms with Gasteiger partial charge >= 0.3 is 0 Å². The molecule has 26 heavy (non-hydrogen) atoms. The van der Waals surface area contributed by atoms with E-state index < -0.39 is 6.10 Å². The second kappa shape index (κ2) is 7.23. The molecule has 7 nitrogen and oxygen atoms in total. The highest BCUT2D eigenvalue weighted by atomic mass is 16.5. The van der Waals surface area contributed by atoms with Crippen LogP contribution in [-0.4, -0.2) is 55.1 Å². The molecule has 0 unspecified atom stereocenters. The summed E-state index contributed by atoms with van der Waals surface area (Å²) in [6.45, 7) is 1.96. The molecule has 0 radical (unpaired) electrons. The standard InChI is InChI=1S/C19H21N5O2/c1-23-11-15(9-22-23)26-19-13-24(12-18(19)25)10-14-5-6-17(21-8-14)16-4-2-3-7-20-16/h2-9,11,18-19,25H,10,12-13H2,1H3/t18-,19-/m1/s1. The number of aryl methyl sites for hydroxylation is 1. The normalized spacial score (nSPS) is 20.4. The zero-order valence-corrected chi connectivity index (χ0v) is 14.6. The zero-order valence-electron chi connectivity index (χ0n) is 14.6. The molecule has 0 amide bonds. The fraction of sp³-hybridized carbons (Fsp3) is 0.316. The third-order valence-corrected chi connectivity index (χ3v) is 4.44. The van der Waals surface area contributed by atoms with Crippen molar-refractivity contribution < 1.29 is 9.84 Å². The Morgan fingerprint density at radius 3 is 2.69 bits per heavy atom. The molecule has 0 aromatic carbocycles. The fourth-order valence-electron chi connectivity index (χ4n) is 3.15. The first-order valence-electron chi connectivity index (χ1n) is 8.59. The van der Waals surface area contributed by atoms with Crippen molar-refractivity contribution >= 4 is 0 Å². The van der Waals surface area contributed by atoms with Crippen molar-refractivity contribution in [3.05, 3.63) is 60.7 Å². The van der Waals surface area contributed by atoms with Gasteiger partial charge in [-0.25, -0.2) is 0 Å². The van der Waals surface area contributed by atoms with E-state index >= 15 is 0 Å². The van der Waals surface area contributed by atoms with Crippen molar-refractivity contribution in [2.45, 2.75) is 18.8 Å². The van der Waals surface area contributed by atoms with Gasteiger partial charge in [0.05, 0.1) is 23.8 Å². The second-order valence-electron chi connectivity index (χ2n) is 6.53. The van der Waals surface area contributed by atoms with Crippen LogP contribution in [0.1, 0.15) is 5.56 Å². The zero-order chi connectivity index (χ0) is 17.9. The number of aliphatic hydroxyl groups is 1. The molecule has 7 heteroatoms. The average molecular weight is 351 g/mol. The lowest BCUT2D eigenvalue weighted by Gasteiger charge is -2.16. The van der Waals surface area contributed by atoms with Gasteiger partial charge in [-0.1, -0.05) is 12.1 Å². The summed E-state index contributed by atoms with van der Waals surface area (Å²) >= 11 is 0. The lowest BCUT2D eigenvalue weighted by molar-refractivity contribution is 0.0736. The Kier molecular flexibility index (Phi) is 4.64. The van der Waals surface area contributed by atoms with E-state index in [9.17, 15) is 5.11 Å². The molecule has 0 bridgehead atoms. The van der Waals surface area contributed by atoms with Crippen LogP contribution in [0, 0.1) is 0 Å². The van der Waals surface area contributed by atoms with Gasteiger partial charge in [-0.2, -0.15) is 5.10 Å². The predicted molar refractivity (Wildman–Crippen MR) is 96.4 cm³/mol. The minimum atomic E-state index is -0.518. The number of hydrogen-bond acceptors (Lipinski definition) is 6. The molecule has 2 atom stereocenters. The van der Waals surface area contributed by atoms with Crippen LogP contribution in [0.3, 0.4) is 0 Å². The molecule has 0 saturated carbocycles. The predicted octanol–water partition coefficient (Wildman–Crippen LogP) is 1.50. The monoisotopic (exact) mass is 351 g/mol. The Morgan fingerprint density at radius 1 is 1.12 bits per heavy atom. The Labute approximate surface area is 151 Å². The van der Waals surface area contributed by atoms with Crippen molar-refractivity contribution in [3.8, 4) is 17.1 Å². The molecule has 3 aromatic heterocycles. The van der Waals surface area contributed by atoms with E-state index in [1.54, 1.807) is 23.3 Å². The quantitative estimate of drug-likeness (QED) is 0.751. The van der Waals surface area contributed by atoms with Gasteiger partial charge in [-0.15, -0.1) is 0 Å². The topological polar surface area (TPSA) is 76.3 Å². The maximum Gasteiger partial charge on any atom is 0.157 e. The number of aliphatic hydroxyl groups excluding tert-OH is 1. The van der Waals surface area contributed by atoms with Crippen molar-refractivity contribution in [1.29, 1.82) is 0 Å². The van der Waals surface area contributed by atoms with Crippen LogP contribution in [0.25, 0.3) is 11.4 Å². The summed E-state index contributed by atoms with van der Waals surface area (Å²) in [4.78, 5) is 11.0. The van der Waals surface area contributed by atoms with Crippen molar-refractivity contribution in [2.75, 3.05) is 13.1 Å². The highest BCUT2D eigenvalue weighted by Crippen LogP contribution is 2.20. The molecular formula is C19H21N5O2. The maximum absolute atomic E-state index is 10.3. The second-order valence-corrected chi connectivity index (χ2v) is 6.53. The number of pyridine rings is 2. The highest BCUT2D eigenvalue weighted by molar-refractivity contribution is 5.53. The van der Waals surface area contributed by atoms with Crippen LogP contribution in [-0.2, 0) is 13.6 Å². The van der Waals surface area contributed by atoms with E-state index in [1.165, 1.54) is 0 Å². The molecule has 1 aliphatic heterocycles. The van der Waals surface area contributed by atoms with Crippen LogP contribution < -0.4 is 4.74 Å². The first-order chi connectivity index (χ1) is 12.7. The first-order valence-corrected chi connectivity index (χ1v) is 8.59. The lowest BCUT2D eigenvalue weighted by Crippen LogP contribution is -2.29. The first kappa shape index (κ1) is 16.7. The molecule has 1 fully saturated rings. The average Bonchev–Trinajstić information content (AvgIpc) is 3.22. The summed E-state index contributed by atoms with van der Waals surface area (Å²) in [7, 11) is 1.84. The summed E-state index contributed by atoms with van der Waals surface area (Å²) in [5.41, 5.74) is 2.81. The Balaban J connectivity index is 1.37. The van der Waals surface area contributed by atoms with Crippen LogP contribution in [0.2, 0.25) is 0 Å². The van der Waals surface area contributed by atoms with Gasteiger partial charge in [-0.3, -0.25) is 19.5 Å². The Bertz CT molecular complexity index is 850. The third kappa shape index (κ3) is 3.74. The molecule has 1 aliphatic rings. The number of aromatic nitrogens is 4. The minimum Gasteiger partial charge on any atom is -0.483 e. The number of ether oxygens (including phenoxy) is 1. The summed E-state index contributed by atoms with van der Waals surface area (Å²) in [5, 5.41) is 14.4. The lowest BCUT2D eigenvalue weighted by atomic mass is 10.2. The summed E-state index contributed by atoms with van der Waals surface area (Å²) in [6.07, 6.45) is 6.33. The molecule has 1 saturated heterocycles. The van der Waals surface area contributed by atoms with E-state index in [0.29, 0.717) is 18.8 Å². The van der Waals surface area contributed by atoms with Gasteiger partial charge < -0.3 is 9.84 Å². The van der Waals surface area contributed by atoms with Crippen molar-refractivity contribution in [3.63, 3.8) is 0 Å². The van der Waals surface area contributed by atoms with Crippen LogP contribution in [0.5, 0.6) is 5.75 Å². The molecule has 4 rings (SSSR count). The summed E-state index contributed by atoms with van der Waals surface area (Å²) in [5.74, 6) is 0.680.